The van der Waals surface area contributed by atoms with Gasteiger partial charge in [0.1, 0.15) is 11.6 Å². The fourth-order valence-corrected chi connectivity index (χ4v) is 2.45. The Bertz CT molecular complexity index is 726. The molecule has 7 nitrogen and oxygen atoms in total. The summed E-state index contributed by atoms with van der Waals surface area (Å²) in [5, 5.41) is 20.3. The molecule has 0 atom stereocenters. The maximum absolute atomic E-state index is 11.1. The van der Waals surface area contributed by atoms with E-state index >= 15 is 0 Å². The minimum Gasteiger partial charge on any atom is -0.419 e. The average Bonchev–Trinajstić information content (AvgIpc) is 3.15. The number of oxazole rings is 1. The van der Waals surface area contributed by atoms with E-state index in [-0.39, 0.29) is 22.8 Å². The van der Waals surface area contributed by atoms with Gasteiger partial charge in [-0.3, -0.25) is 10.1 Å². The van der Waals surface area contributed by atoms with Gasteiger partial charge < -0.3 is 9.32 Å². The van der Waals surface area contributed by atoms with Gasteiger partial charge in [0.15, 0.2) is 0 Å². The van der Waals surface area contributed by atoms with Crippen LogP contribution in [0.3, 0.4) is 0 Å². The van der Waals surface area contributed by atoms with Crippen molar-refractivity contribution in [3.05, 3.63) is 40.1 Å². The van der Waals surface area contributed by atoms with Crippen LogP contribution < -0.4 is 4.90 Å². The first-order valence-corrected chi connectivity index (χ1v) is 6.60. The van der Waals surface area contributed by atoms with Gasteiger partial charge in [-0.15, -0.1) is 0 Å². The summed E-state index contributed by atoms with van der Waals surface area (Å²) in [7, 11) is 0. The number of aromatic nitrogens is 1. The van der Waals surface area contributed by atoms with E-state index < -0.39 is 4.92 Å². The zero-order valence-electron chi connectivity index (χ0n) is 11.2. The third-order valence-electron chi connectivity index (χ3n) is 3.44. The largest absolute Gasteiger partial charge is 0.419 e. The predicted molar refractivity (Wildman–Crippen MR) is 74.8 cm³/mol. The first kappa shape index (κ1) is 13.1. The molecule has 3 rings (SSSR count). The number of rotatable bonds is 3. The van der Waals surface area contributed by atoms with E-state index in [1.807, 2.05) is 11.0 Å². The van der Waals surface area contributed by atoms with E-state index in [0.29, 0.717) is 5.88 Å². The van der Waals surface area contributed by atoms with Crippen LogP contribution in [0.5, 0.6) is 0 Å². The number of benzene rings is 1. The van der Waals surface area contributed by atoms with Crippen molar-refractivity contribution in [1.82, 2.24) is 4.98 Å². The van der Waals surface area contributed by atoms with Gasteiger partial charge >= 0.3 is 0 Å². The highest BCUT2D eigenvalue weighted by Gasteiger charge is 2.25. The summed E-state index contributed by atoms with van der Waals surface area (Å²) in [5.74, 6) is 0.518. The van der Waals surface area contributed by atoms with Crippen molar-refractivity contribution in [2.45, 2.75) is 12.8 Å². The number of nitro benzene ring substituents is 1. The quantitative estimate of drug-likeness (QED) is 0.635. The van der Waals surface area contributed by atoms with E-state index in [2.05, 4.69) is 4.98 Å². The van der Waals surface area contributed by atoms with Crippen LogP contribution in [0.25, 0.3) is 11.5 Å². The third kappa shape index (κ3) is 2.31. The summed E-state index contributed by atoms with van der Waals surface area (Å²) in [5.41, 5.74) is 0.366. The lowest BCUT2D eigenvalue weighted by molar-refractivity contribution is -0.384. The number of hydrogen-bond donors (Lipinski definition) is 0. The molecule has 2 heterocycles. The van der Waals surface area contributed by atoms with Crippen LogP contribution in [0.2, 0.25) is 0 Å². The number of para-hydroxylation sites is 1. The summed E-state index contributed by atoms with van der Waals surface area (Å²) >= 11 is 0. The molecule has 0 saturated carbocycles. The smallest absolute Gasteiger partial charge is 0.282 e. The molecule has 0 N–H and O–H groups in total. The molecule has 0 unspecified atom stereocenters. The molecular formula is C14H12N4O3. The Morgan fingerprint density at radius 2 is 2.05 bits per heavy atom. The van der Waals surface area contributed by atoms with E-state index in [1.54, 1.807) is 18.2 Å². The van der Waals surface area contributed by atoms with E-state index in [4.69, 9.17) is 4.42 Å². The summed E-state index contributed by atoms with van der Waals surface area (Å²) < 4.78 is 5.65. The van der Waals surface area contributed by atoms with Crippen molar-refractivity contribution in [2.75, 3.05) is 18.0 Å². The van der Waals surface area contributed by atoms with E-state index in [0.717, 1.165) is 25.9 Å². The topological polar surface area (TPSA) is 96.2 Å². The first-order valence-electron chi connectivity index (χ1n) is 6.60. The van der Waals surface area contributed by atoms with Crippen LogP contribution in [0.15, 0.2) is 28.7 Å². The lowest BCUT2D eigenvalue weighted by atomic mass is 10.2. The highest BCUT2D eigenvalue weighted by Crippen LogP contribution is 2.34. The van der Waals surface area contributed by atoms with Gasteiger partial charge in [0.2, 0.25) is 17.5 Å². The zero-order chi connectivity index (χ0) is 14.8. The second-order valence-electron chi connectivity index (χ2n) is 4.75. The minimum absolute atomic E-state index is 0.0868. The molecule has 1 aliphatic rings. The number of nitriles is 1. The first-order chi connectivity index (χ1) is 10.2. The Labute approximate surface area is 120 Å². The van der Waals surface area contributed by atoms with Gasteiger partial charge in [0.05, 0.1) is 4.92 Å². The molecule has 1 fully saturated rings. The fraction of sp³-hybridized carbons (Fsp3) is 0.286. The molecule has 1 aromatic heterocycles. The van der Waals surface area contributed by atoms with Crippen molar-refractivity contribution in [2.24, 2.45) is 0 Å². The zero-order valence-corrected chi connectivity index (χ0v) is 11.2. The molecule has 21 heavy (non-hydrogen) atoms. The van der Waals surface area contributed by atoms with Crippen LogP contribution in [-0.4, -0.2) is 23.0 Å². The van der Waals surface area contributed by atoms with Crippen LogP contribution in [-0.2, 0) is 0 Å². The highest BCUT2D eigenvalue weighted by atomic mass is 16.6. The van der Waals surface area contributed by atoms with Crippen molar-refractivity contribution < 1.29 is 9.34 Å². The maximum atomic E-state index is 11.1. The highest BCUT2D eigenvalue weighted by molar-refractivity contribution is 5.69. The molecule has 0 spiro atoms. The second kappa shape index (κ2) is 5.25. The number of nitro groups is 1. The molecule has 106 valence electrons. The Morgan fingerprint density at radius 3 is 2.71 bits per heavy atom. The number of nitrogens with zero attached hydrogens (tertiary/aromatic N) is 4. The Balaban J connectivity index is 2.08. The van der Waals surface area contributed by atoms with Crippen molar-refractivity contribution >= 4 is 11.6 Å². The average molecular weight is 284 g/mol. The molecule has 1 aliphatic heterocycles. The fourth-order valence-electron chi connectivity index (χ4n) is 2.45. The molecule has 1 aromatic carbocycles. The molecule has 1 saturated heterocycles. The van der Waals surface area contributed by atoms with Crippen LogP contribution in [0, 0.1) is 21.4 Å². The van der Waals surface area contributed by atoms with Crippen LogP contribution >= 0.6 is 0 Å². The molecule has 0 aliphatic carbocycles. The normalized spacial score (nSPS) is 14.1. The van der Waals surface area contributed by atoms with Gasteiger partial charge in [-0.05, 0) is 18.9 Å². The van der Waals surface area contributed by atoms with Crippen molar-refractivity contribution in [3.63, 3.8) is 0 Å². The van der Waals surface area contributed by atoms with Crippen molar-refractivity contribution in [1.29, 1.82) is 5.26 Å². The van der Waals surface area contributed by atoms with Gasteiger partial charge in [-0.2, -0.15) is 10.2 Å². The van der Waals surface area contributed by atoms with Crippen LogP contribution in [0.4, 0.5) is 11.6 Å². The van der Waals surface area contributed by atoms with Gasteiger partial charge in [-0.1, -0.05) is 12.1 Å². The standard InChI is InChI=1S/C14H12N4O3/c15-9-11-14(17-7-3-4-8-17)21-13(16-11)10-5-1-2-6-12(10)18(19)20/h1-2,5-6H,3-4,7-8H2. The molecule has 0 radical (unpaired) electrons. The van der Waals surface area contributed by atoms with E-state index in [1.165, 1.54) is 6.07 Å². The predicted octanol–water partition coefficient (Wildman–Crippen LogP) is 2.72. The lowest BCUT2D eigenvalue weighted by Crippen LogP contribution is -2.17. The number of anilines is 1. The molecule has 0 bridgehead atoms. The molecule has 2 aromatic rings. The summed E-state index contributed by atoms with van der Waals surface area (Å²) in [6.07, 6.45) is 2.07. The van der Waals surface area contributed by atoms with Gasteiger partial charge in [0.25, 0.3) is 5.69 Å². The summed E-state index contributed by atoms with van der Waals surface area (Å²) in [6, 6.07) is 8.21. The lowest BCUT2D eigenvalue weighted by Gasteiger charge is -2.12. The molecular weight excluding hydrogens is 272 g/mol. The third-order valence-corrected chi connectivity index (χ3v) is 3.44. The monoisotopic (exact) mass is 284 g/mol. The van der Waals surface area contributed by atoms with Gasteiger partial charge in [0, 0.05) is 19.2 Å². The Hall–Kier alpha value is -2.88. The summed E-state index contributed by atoms with van der Waals surface area (Å²) in [6.45, 7) is 1.61. The SMILES string of the molecule is N#Cc1nc(-c2ccccc2[N+](=O)[O-])oc1N1CCCC1. The Kier molecular flexibility index (Phi) is 3.28. The Morgan fingerprint density at radius 1 is 1.33 bits per heavy atom. The summed E-state index contributed by atoms with van der Waals surface area (Å²) in [4.78, 5) is 16.6. The van der Waals surface area contributed by atoms with Crippen molar-refractivity contribution in [3.8, 4) is 17.5 Å². The van der Waals surface area contributed by atoms with Crippen LogP contribution in [0.1, 0.15) is 18.5 Å². The second-order valence-corrected chi connectivity index (χ2v) is 4.75. The van der Waals surface area contributed by atoms with E-state index in [9.17, 15) is 15.4 Å². The number of hydrogen-bond acceptors (Lipinski definition) is 6. The molecule has 0 amide bonds. The van der Waals surface area contributed by atoms with Gasteiger partial charge in [-0.25, -0.2) is 0 Å². The minimum atomic E-state index is -0.485. The molecule has 7 heteroatoms. The maximum Gasteiger partial charge on any atom is 0.282 e.